The van der Waals surface area contributed by atoms with Gasteiger partial charge >= 0.3 is 11.9 Å². The molecule has 0 spiro atoms. The van der Waals surface area contributed by atoms with Crippen molar-refractivity contribution in [3.8, 4) is 0 Å². The predicted molar refractivity (Wildman–Crippen MR) is 223 cm³/mol. The Morgan fingerprint density at radius 2 is 0.885 bits per heavy atom. The normalized spacial score (nSPS) is 13.2. The summed E-state index contributed by atoms with van der Waals surface area (Å²) in [5.41, 5.74) is 0. The Hall–Kier alpha value is -3.18. The fourth-order valence-corrected chi connectivity index (χ4v) is 5.11. The molecular weight excluding hydrogens is 645 g/mol. The van der Waals surface area contributed by atoms with Crippen LogP contribution in [0.4, 0.5) is 0 Å². The second-order valence-corrected chi connectivity index (χ2v) is 13.1. The molecular formula is C47H76O5. The van der Waals surface area contributed by atoms with Crippen molar-refractivity contribution in [2.45, 2.75) is 168 Å². The van der Waals surface area contributed by atoms with Crippen molar-refractivity contribution >= 4 is 11.9 Å². The zero-order valence-corrected chi connectivity index (χ0v) is 33.5. The van der Waals surface area contributed by atoms with Gasteiger partial charge in [0, 0.05) is 19.4 Å². The van der Waals surface area contributed by atoms with E-state index in [1.165, 1.54) is 38.5 Å². The van der Waals surface area contributed by atoms with Crippen LogP contribution in [0.1, 0.15) is 162 Å². The predicted octanol–water partition coefficient (Wildman–Crippen LogP) is 13.5. The summed E-state index contributed by atoms with van der Waals surface area (Å²) in [6, 6.07) is 0. The van der Waals surface area contributed by atoms with Gasteiger partial charge in [0.15, 0.2) is 6.10 Å². The first-order valence-electron chi connectivity index (χ1n) is 20.8. The summed E-state index contributed by atoms with van der Waals surface area (Å²) in [7, 11) is 0. The largest absolute Gasteiger partial charge is 0.462 e. The van der Waals surface area contributed by atoms with Crippen LogP contribution in [-0.4, -0.2) is 37.9 Å². The van der Waals surface area contributed by atoms with Gasteiger partial charge in [-0.25, -0.2) is 0 Å². The Kier molecular flexibility index (Phi) is 39.7. The van der Waals surface area contributed by atoms with Gasteiger partial charge in [-0.3, -0.25) is 9.59 Å². The summed E-state index contributed by atoms with van der Waals surface area (Å²) in [6.45, 7) is 7.33. The van der Waals surface area contributed by atoms with Crippen LogP contribution in [0.15, 0.2) is 97.2 Å². The van der Waals surface area contributed by atoms with Crippen LogP contribution in [0.25, 0.3) is 0 Å². The highest BCUT2D eigenvalue weighted by molar-refractivity contribution is 5.70. The van der Waals surface area contributed by atoms with Gasteiger partial charge in [0.1, 0.15) is 6.61 Å². The molecule has 0 rings (SSSR count). The molecule has 0 N–H and O–H groups in total. The SMILES string of the molecule is CC/C=C\C/C=C\C/C=C\C/C=C\CCCOCC(COC(=O)CC/C=C\C/C=C\C/C=C\C/C=C\CC)OC(=O)CCCCCCCCCCC. The van der Waals surface area contributed by atoms with Crippen LogP contribution < -0.4 is 0 Å². The minimum absolute atomic E-state index is 0.0212. The Bertz CT molecular complexity index is 1040. The average Bonchev–Trinajstić information content (AvgIpc) is 3.14. The highest BCUT2D eigenvalue weighted by Crippen LogP contribution is 2.12. The zero-order valence-electron chi connectivity index (χ0n) is 33.5. The number of hydrogen-bond donors (Lipinski definition) is 0. The summed E-state index contributed by atoms with van der Waals surface area (Å²) >= 11 is 0. The molecule has 0 amide bonds. The summed E-state index contributed by atoms with van der Waals surface area (Å²) < 4.78 is 17.1. The molecule has 0 aromatic heterocycles. The zero-order chi connectivity index (χ0) is 37.8. The number of esters is 2. The third-order valence-electron chi connectivity index (χ3n) is 8.13. The number of hydrogen-bond acceptors (Lipinski definition) is 5. The molecule has 0 saturated carbocycles. The first kappa shape index (κ1) is 48.8. The fourth-order valence-electron chi connectivity index (χ4n) is 5.11. The molecule has 1 atom stereocenters. The number of rotatable bonds is 36. The molecule has 5 nitrogen and oxygen atoms in total. The Morgan fingerprint density at radius 1 is 0.442 bits per heavy atom. The number of unbranched alkanes of at least 4 members (excludes halogenated alkanes) is 9. The van der Waals surface area contributed by atoms with Crippen molar-refractivity contribution in [3.05, 3.63) is 97.2 Å². The molecule has 0 heterocycles. The van der Waals surface area contributed by atoms with E-state index in [0.29, 0.717) is 25.9 Å². The Morgan fingerprint density at radius 3 is 1.38 bits per heavy atom. The van der Waals surface area contributed by atoms with Gasteiger partial charge in [0.05, 0.1) is 6.61 Å². The van der Waals surface area contributed by atoms with Crippen molar-refractivity contribution in [2.75, 3.05) is 19.8 Å². The summed E-state index contributed by atoms with van der Waals surface area (Å²) in [5, 5.41) is 0. The first-order chi connectivity index (χ1) is 25.6. The van der Waals surface area contributed by atoms with Crippen LogP contribution >= 0.6 is 0 Å². The molecule has 1 unspecified atom stereocenters. The highest BCUT2D eigenvalue weighted by atomic mass is 16.6. The summed E-state index contributed by atoms with van der Waals surface area (Å²) in [4.78, 5) is 25.1. The lowest BCUT2D eigenvalue weighted by molar-refractivity contribution is -0.162. The second-order valence-electron chi connectivity index (χ2n) is 13.1. The van der Waals surface area contributed by atoms with Crippen molar-refractivity contribution in [1.82, 2.24) is 0 Å². The number of ether oxygens (including phenoxy) is 3. The molecule has 0 bridgehead atoms. The van der Waals surface area contributed by atoms with E-state index in [4.69, 9.17) is 14.2 Å². The minimum atomic E-state index is -0.593. The van der Waals surface area contributed by atoms with Crippen LogP contribution in [0.3, 0.4) is 0 Å². The topological polar surface area (TPSA) is 61.8 Å². The van der Waals surface area contributed by atoms with Gasteiger partial charge in [0.25, 0.3) is 0 Å². The Labute approximate surface area is 320 Å². The minimum Gasteiger partial charge on any atom is -0.462 e. The van der Waals surface area contributed by atoms with Gasteiger partial charge in [-0.05, 0) is 77.0 Å². The van der Waals surface area contributed by atoms with E-state index in [1.54, 1.807) is 0 Å². The van der Waals surface area contributed by atoms with Crippen LogP contribution in [-0.2, 0) is 23.8 Å². The van der Waals surface area contributed by atoms with Crippen LogP contribution in [0.2, 0.25) is 0 Å². The maximum Gasteiger partial charge on any atom is 0.306 e. The third-order valence-corrected chi connectivity index (χ3v) is 8.13. The Balaban J connectivity index is 4.45. The maximum absolute atomic E-state index is 12.6. The standard InChI is InChI=1S/C47H76O5/c1-4-7-10-13-16-19-21-23-25-27-30-33-36-39-42-50-43-45(52-47(49)41-38-35-32-28-18-15-12-9-6-3)44-51-46(48)40-37-34-31-29-26-24-22-20-17-14-11-8-5-2/h7-8,10-11,16-17,19-20,23-26,30-31,33-34,45H,4-6,9,12-15,18,21-22,27-29,32,35-44H2,1-3H3/b10-7-,11-8-,19-16-,20-17-,25-23-,26-24-,33-30-,34-31-. The van der Waals surface area contributed by atoms with E-state index in [0.717, 1.165) is 83.5 Å². The second kappa shape index (κ2) is 42.2. The first-order valence-corrected chi connectivity index (χ1v) is 20.8. The van der Waals surface area contributed by atoms with Crippen molar-refractivity contribution < 1.29 is 23.8 Å². The monoisotopic (exact) mass is 721 g/mol. The number of carbonyl (C=O) groups excluding carboxylic acids is 2. The molecule has 0 aromatic rings. The lowest BCUT2D eigenvalue weighted by atomic mass is 10.1. The molecule has 0 radical (unpaired) electrons. The molecule has 0 aliphatic carbocycles. The fraction of sp³-hybridized carbons (Fsp3) is 0.617. The van der Waals surface area contributed by atoms with E-state index < -0.39 is 6.10 Å². The molecule has 52 heavy (non-hydrogen) atoms. The molecule has 5 heteroatoms. The molecule has 0 aromatic carbocycles. The van der Waals surface area contributed by atoms with Gasteiger partial charge in [-0.2, -0.15) is 0 Å². The molecule has 0 aliphatic heterocycles. The maximum atomic E-state index is 12.6. The number of allylic oxidation sites excluding steroid dienone is 16. The molecule has 294 valence electrons. The van der Waals surface area contributed by atoms with Gasteiger partial charge in [-0.1, -0.05) is 169 Å². The quantitative estimate of drug-likeness (QED) is 0.0366. The van der Waals surface area contributed by atoms with E-state index in [1.807, 2.05) is 6.08 Å². The van der Waals surface area contributed by atoms with Crippen LogP contribution in [0, 0.1) is 0 Å². The van der Waals surface area contributed by atoms with Gasteiger partial charge < -0.3 is 14.2 Å². The average molecular weight is 721 g/mol. The summed E-state index contributed by atoms with van der Waals surface area (Å²) in [6.07, 6.45) is 55.7. The summed E-state index contributed by atoms with van der Waals surface area (Å²) in [5.74, 6) is -0.533. The van der Waals surface area contributed by atoms with Crippen LogP contribution in [0.5, 0.6) is 0 Å². The molecule has 0 aliphatic rings. The van der Waals surface area contributed by atoms with E-state index >= 15 is 0 Å². The number of carbonyl (C=O) groups is 2. The van der Waals surface area contributed by atoms with E-state index in [-0.39, 0.29) is 25.2 Å². The lowest BCUT2D eigenvalue weighted by Crippen LogP contribution is -2.30. The van der Waals surface area contributed by atoms with Crippen molar-refractivity contribution in [2.24, 2.45) is 0 Å². The van der Waals surface area contributed by atoms with E-state index in [9.17, 15) is 9.59 Å². The van der Waals surface area contributed by atoms with Crippen molar-refractivity contribution in [3.63, 3.8) is 0 Å². The molecule has 0 fully saturated rings. The van der Waals surface area contributed by atoms with Gasteiger partial charge in [0.2, 0.25) is 0 Å². The molecule has 0 saturated heterocycles. The third kappa shape index (κ3) is 39.6. The van der Waals surface area contributed by atoms with E-state index in [2.05, 4.69) is 112 Å². The van der Waals surface area contributed by atoms with Gasteiger partial charge in [-0.15, -0.1) is 0 Å². The lowest BCUT2D eigenvalue weighted by Gasteiger charge is -2.18. The smallest absolute Gasteiger partial charge is 0.306 e. The van der Waals surface area contributed by atoms with Crippen molar-refractivity contribution in [1.29, 1.82) is 0 Å². The highest BCUT2D eigenvalue weighted by Gasteiger charge is 2.17.